The van der Waals surface area contributed by atoms with Gasteiger partial charge in [0.05, 0.1) is 0 Å². The zero-order chi connectivity index (χ0) is 17.2. The van der Waals surface area contributed by atoms with E-state index in [-0.39, 0.29) is 5.91 Å². The predicted molar refractivity (Wildman–Crippen MR) is 96.3 cm³/mol. The van der Waals surface area contributed by atoms with E-state index in [2.05, 4.69) is 14.8 Å². The standard InChI is InChI=1S/C20H26N4O/c1-15-3-2-4-18(11-15)20(25)23-9-7-16(8-10-23)12-19-22-21-14-24(19)13-17-5-6-17/h2-4,11,14,16-17H,5-10,12-13H2,1H3. The summed E-state index contributed by atoms with van der Waals surface area (Å²) in [6.07, 6.45) is 7.65. The van der Waals surface area contributed by atoms with E-state index in [1.165, 1.54) is 12.8 Å². The van der Waals surface area contributed by atoms with Crippen LogP contribution in [0.25, 0.3) is 0 Å². The summed E-state index contributed by atoms with van der Waals surface area (Å²) in [7, 11) is 0. The predicted octanol–water partition coefficient (Wildman–Crippen LogP) is 3.09. The van der Waals surface area contributed by atoms with Crippen LogP contribution in [0.4, 0.5) is 0 Å². The van der Waals surface area contributed by atoms with E-state index in [9.17, 15) is 4.79 Å². The van der Waals surface area contributed by atoms with Crippen LogP contribution in [-0.2, 0) is 13.0 Å². The summed E-state index contributed by atoms with van der Waals surface area (Å²) in [5.74, 6) is 2.72. The molecule has 2 aromatic rings. The van der Waals surface area contributed by atoms with Crippen molar-refractivity contribution in [2.45, 2.75) is 45.6 Å². The highest BCUT2D eigenvalue weighted by Crippen LogP contribution is 2.31. The van der Waals surface area contributed by atoms with E-state index in [0.29, 0.717) is 5.92 Å². The minimum atomic E-state index is 0.166. The molecule has 1 saturated heterocycles. The second-order valence-electron chi connectivity index (χ2n) is 7.65. The Balaban J connectivity index is 1.32. The zero-order valence-electron chi connectivity index (χ0n) is 14.9. The van der Waals surface area contributed by atoms with E-state index < -0.39 is 0 Å². The van der Waals surface area contributed by atoms with Crippen molar-refractivity contribution in [2.24, 2.45) is 11.8 Å². The molecular weight excluding hydrogens is 312 g/mol. The maximum absolute atomic E-state index is 12.7. The van der Waals surface area contributed by atoms with Gasteiger partial charge >= 0.3 is 0 Å². The molecule has 0 spiro atoms. The van der Waals surface area contributed by atoms with Crippen molar-refractivity contribution in [3.63, 3.8) is 0 Å². The van der Waals surface area contributed by atoms with Crippen LogP contribution in [0.2, 0.25) is 0 Å². The first-order valence-electron chi connectivity index (χ1n) is 9.41. The van der Waals surface area contributed by atoms with Gasteiger partial charge in [0.25, 0.3) is 5.91 Å². The van der Waals surface area contributed by atoms with Gasteiger partial charge in [-0.15, -0.1) is 10.2 Å². The summed E-state index contributed by atoms with van der Waals surface area (Å²) in [6.45, 7) is 4.79. The number of rotatable bonds is 5. The highest BCUT2D eigenvalue weighted by atomic mass is 16.2. The number of aryl methyl sites for hydroxylation is 1. The fourth-order valence-corrected chi connectivity index (χ4v) is 3.73. The van der Waals surface area contributed by atoms with Gasteiger partial charge in [0.2, 0.25) is 0 Å². The van der Waals surface area contributed by atoms with Gasteiger partial charge in [-0.05, 0) is 56.6 Å². The first-order valence-corrected chi connectivity index (χ1v) is 9.41. The normalized spacial score (nSPS) is 18.5. The number of nitrogens with zero attached hydrogens (tertiary/aromatic N) is 4. The molecule has 5 nitrogen and oxygen atoms in total. The van der Waals surface area contributed by atoms with Crippen molar-refractivity contribution < 1.29 is 4.79 Å². The van der Waals surface area contributed by atoms with Crippen molar-refractivity contribution >= 4 is 5.91 Å². The molecule has 5 heteroatoms. The van der Waals surface area contributed by atoms with Gasteiger partial charge in [0.1, 0.15) is 12.2 Å². The molecular formula is C20H26N4O. The van der Waals surface area contributed by atoms with E-state index >= 15 is 0 Å². The Kier molecular flexibility index (Phi) is 4.55. The third-order valence-corrected chi connectivity index (χ3v) is 5.49. The SMILES string of the molecule is Cc1cccc(C(=O)N2CCC(Cc3nncn3CC3CC3)CC2)c1. The number of piperidine rings is 1. The molecule has 25 heavy (non-hydrogen) atoms. The Morgan fingerprint density at radius 3 is 2.68 bits per heavy atom. The van der Waals surface area contributed by atoms with E-state index in [1.54, 1.807) is 0 Å². The number of carbonyl (C=O) groups is 1. The van der Waals surface area contributed by atoms with Gasteiger partial charge in [-0.1, -0.05) is 17.7 Å². The van der Waals surface area contributed by atoms with Crippen LogP contribution in [0, 0.1) is 18.8 Å². The van der Waals surface area contributed by atoms with Crippen molar-refractivity contribution in [3.8, 4) is 0 Å². The average Bonchev–Trinajstić information content (AvgIpc) is 3.34. The second-order valence-corrected chi connectivity index (χ2v) is 7.65. The zero-order valence-corrected chi connectivity index (χ0v) is 14.9. The van der Waals surface area contributed by atoms with Crippen LogP contribution >= 0.6 is 0 Å². The molecule has 0 atom stereocenters. The monoisotopic (exact) mass is 338 g/mol. The van der Waals surface area contributed by atoms with Crippen LogP contribution in [0.5, 0.6) is 0 Å². The number of aromatic nitrogens is 3. The Bertz CT molecular complexity index is 742. The van der Waals surface area contributed by atoms with Gasteiger partial charge in [-0.3, -0.25) is 4.79 Å². The summed E-state index contributed by atoms with van der Waals surface area (Å²) in [6, 6.07) is 7.89. The molecule has 132 valence electrons. The number of carbonyl (C=O) groups excluding carboxylic acids is 1. The average molecular weight is 338 g/mol. The van der Waals surface area contributed by atoms with Gasteiger partial charge in [0, 0.05) is 31.6 Å². The summed E-state index contributed by atoms with van der Waals surface area (Å²) >= 11 is 0. The maximum Gasteiger partial charge on any atom is 0.253 e. The largest absolute Gasteiger partial charge is 0.339 e. The molecule has 2 fully saturated rings. The minimum Gasteiger partial charge on any atom is -0.339 e. The molecule has 2 aliphatic rings. The van der Waals surface area contributed by atoms with E-state index in [1.807, 2.05) is 42.4 Å². The highest BCUT2D eigenvalue weighted by Gasteiger charge is 2.26. The summed E-state index contributed by atoms with van der Waals surface area (Å²) in [4.78, 5) is 14.7. The lowest BCUT2D eigenvalue weighted by atomic mass is 9.92. The Morgan fingerprint density at radius 2 is 1.96 bits per heavy atom. The third kappa shape index (κ3) is 3.91. The fourth-order valence-electron chi connectivity index (χ4n) is 3.73. The number of hydrogen-bond acceptors (Lipinski definition) is 3. The molecule has 0 radical (unpaired) electrons. The van der Waals surface area contributed by atoms with Crippen LogP contribution in [0.1, 0.15) is 47.4 Å². The lowest BCUT2D eigenvalue weighted by molar-refractivity contribution is 0.0689. The van der Waals surface area contributed by atoms with Gasteiger partial charge in [0.15, 0.2) is 0 Å². The number of benzene rings is 1. The van der Waals surface area contributed by atoms with Crippen LogP contribution in [-0.4, -0.2) is 38.7 Å². The summed E-state index contributed by atoms with van der Waals surface area (Å²) in [5.41, 5.74) is 1.94. The van der Waals surface area contributed by atoms with Crippen molar-refractivity contribution in [1.82, 2.24) is 19.7 Å². The maximum atomic E-state index is 12.7. The lowest BCUT2D eigenvalue weighted by Crippen LogP contribution is -2.39. The summed E-state index contributed by atoms with van der Waals surface area (Å²) < 4.78 is 2.24. The molecule has 0 bridgehead atoms. The molecule has 1 amide bonds. The molecule has 0 unspecified atom stereocenters. The Morgan fingerprint density at radius 1 is 1.16 bits per heavy atom. The number of hydrogen-bond donors (Lipinski definition) is 0. The highest BCUT2D eigenvalue weighted by molar-refractivity contribution is 5.94. The Labute approximate surface area is 149 Å². The molecule has 2 heterocycles. The fraction of sp³-hybridized carbons (Fsp3) is 0.550. The van der Waals surface area contributed by atoms with Crippen molar-refractivity contribution in [2.75, 3.05) is 13.1 Å². The topological polar surface area (TPSA) is 51.0 Å². The van der Waals surface area contributed by atoms with Gasteiger partial charge in [-0.25, -0.2) is 0 Å². The number of likely N-dealkylation sites (tertiary alicyclic amines) is 1. The molecule has 1 aromatic heterocycles. The van der Waals surface area contributed by atoms with Crippen LogP contribution < -0.4 is 0 Å². The molecule has 1 aliphatic carbocycles. The quantitative estimate of drug-likeness (QED) is 0.842. The lowest BCUT2D eigenvalue weighted by Gasteiger charge is -2.32. The first-order chi connectivity index (χ1) is 12.2. The molecule has 1 aromatic carbocycles. The molecule has 1 aliphatic heterocycles. The smallest absolute Gasteiger partial charge is 0.253 e. The van der Waals surface area contributed by atoms with Crippen LogP contribution in [0.3, 0.4) is 0 Å². The van der Waals surface area contributed by atoms with Gasteiger partial charge < -0.3 is 9.47 Å². The third-order valence-electron chi connectivity index (χ3n) is 5.49. The second kappa shape index (κ2) is 6.98. The first kappa shape index (κ1) is 16.3. The van der Waals surface area contributed by atoms with Crippen molar-refractivity contribution in [1.29, 1.82) is 0 Å². The van der Waals surface area contributed by atoms with Crippen LogP contribution in [0.15, 0.2) is 30.6 Å². The van der Waals surface area contributed by atoms with E-state index in [0.717, 1.165) is 61.8 Å². The van der Waals surface area contributed by atoms with Crippen molar-refractivity contribution in [3.05, 3.63) is 47.5 Å². The minimum absolute atomic E-state index is 0.166. The summed E-state index contributed by atoms with van der Waals surface area (Å²) in [5, 5.41) is 8.44. The molecule has 0 N–H and O–H groups in total. The molecule has 1 saturated carbocycles. The number of amides is 1. The molecule has 4 rings (SSSR count). The van der Waals surface area contributed by atoms with E-state index in [4.69, 9.17) is 0 Å². The Hall–Kier alpha value is -2.17. The van der Waals surface area contributed by atoms with Gasteiger partial charge in [-0.2, -0.15) is 0 Å².